The summed E-state index contributed by atoms with van der Waals surface area (Å²) in [6.07, 6.45) is 99.7. The Bertz CT molecular complexity index is 1790. The molecule has 0 saturated carbocycles. The molecule has 0 fully saturated rings. The molecule has 0 aromatic heterocycles. The first kappa shape index (κ1) is 84.2. The predicted molar refractivity (Wildman–Crippen MR) is 382 cm³/mol. The van der Waals surface area contributed by atoms with Gasteiger partial charge in [-0.2, -0.15) is 0 Å². The number of carbonyl (C=O) groups excluding carboxylic acids is 1. The van der Waals surface area contributed by atoms with Crippen molar-refractivity contribution in [1.29, 1.82) is 0 Å². The van der Waals surface area contributed by atoms with E-state index in [2.05, 4.69) is 116 Å². The maximum Gasteiger partial charge on any atom is 0.472 e. The first-order valence-electron chi connectivity index (χ1n) is 36.8. The lowest BCUT2D eigenvalue weighted by Crippen LogP contribution is -2.45. The van der Waals surface area contributed by atoms with Crippen molar-refractivity contribution in [3.8, 4) is 0 Å². The molecule has 87 heavy (non-hydrogen) atoms. The van der Waals surface area contributed by atoms with Gasteiger partial charge in [-0.25, -0.2) is 4.57 Å². The second-order valence-corrected chi connectivity index (χ2v) is 27.4. The van der Waals surface area contributed by atoms with Gasteiger partial charge in [0, 0.05) is 6.42 Å². The molecule has 8 nitrogen and oxygen atoms in total. The normalized spacial score (nSPS) is 14.2. The minimum absolute atomic E-state index is 0.0513. The van der Waals surface area contributed by atoms with E-state index in [0.29, 0.717) is 17.4 Å². The van der Waals surface area contributed by atoms with Crippen LogP contribution in [0.3, 0.4) is 0 Å². The lowest BCUT2D eigenvalue weighted by Gasteiger charge is -2.25. The molecule has 0 heterocycles. The third-order valence-electron chi connectivity index (χ3n) is 16.2. The fourth-order valence-corrected chi connectivity index (χ4v) is 11.3. The Morgan fingerprint density at radius 2 is 0.701 bits per heavy atom. The number of phosphoric ester groups is 1. The molecule has 504 valence electrons. The van der Waals surface area contributed by atoms with E-state index < -0.39 is 20.0 Å². The molecular formula is C78H142N2O6P+. The Morgan fingerprint density at radius 3 is 1.06 bits per heavy atom. The highest BCUT2D eigenvalue weighted by Crippen LogP contribution is 2.43. The van der Waals surface area contributed by atoms with E-state index >= 15 is 0 Å². The second kappa shape index (κ2) is 67.6. The highest BCUT2D eigenvalue weighted by molar-refractivity contribution is 7.47. The summed E-state index contributed by atoms with van der Waals surface area (Å²) >= 11 is 0. The number of rotatable bonds is 67. The van der Waals surface area contributed by atoms with Gasteiger partial charge in [0.2, 0.25) is 5.91 Å². The van der Waals surface area contributed by atoms with E-state index in [4.69, 9.17) is 9.05 Å². The maximum atomic E-state index is 13.1. The quantitative estimate of drug-likeness (QED) is 0.0243. The van der Waals surface area contributed by atoms with E-state index in [-0.39, 0.29) is 19.1 Å². The zero-order valence-electron chi connectivity index (χ0n) is 57.7. The number of hydrogen-bond acceptors (Lipinski definition) is 5. The van der Waals surface area contributed by atoms with E-state index in [1.54, 1.807) is 6.08 Å². The van der Waals surface area contributed by atoms with Crippen molar-refractivity contribution in [1.82, 2.24) is 5.32 Å². The largest absolute Gasteiger partial charge is 0.472 e. The van der Waals surface area contributed by atoms with Crippen molar-refractivity contribution in [2.24, 2.45) is 0 Å². The number of carbonyl (C=O) groups is 1. The fourth-order valence-electron chi connectivity index (χ4n) is 10.6. The van der Waals surface area contributed by atoms with Gasteiger partial charge in [0.05, 0.1) is 39.9 Å². The Balaban J connectivity index is 4.11. The summed E-state index contributed by atoms with van der Waals surface area (Å²) in [6, 6.07) is -0.874. The summed E-state index contributed by atoms with van der Waals surface area (Å²) in [7, 11) is 1.55. The number of amides is 1. The molecule has 3 N–H and O–H groups in total. The van der Waals surface area contributed by atoms with Crippen LogP contribution in [0.1, 0.15) is 328 Å². The molecule has 0 bridgehead atoms. The molecule has 0 spiro atoms. The van der Waals surface area contributed by atoms with Crippen LogP contribution >= 0.6 is 7.82 Å². The van der Waals surface area contributed by atoms with Crippen LogP contribution in [-0.2, 0) is 18.4 Å². The first-order chi connectivity index (χ1) is 42.5. The van der Waals surface area contributed by atoms with Crippen molar-refractivity contribution in [2.45, 2.75) is 341 Å². The molecular weight excluding hydrogens is 1090 g/mol. The van der Waals surface area contributed by atoms with Gasteiger partial charge in [-0.15, -0.1) is 0 Å². The van der Waals surface area contributed by atoms with Gasteiger partial charge in [-0.1, -0.05) is 342 Å². The van der Waals surface area contributed by atoms with Crippen molar-refractivity contribution >= 4 is 13.7 Å². The van der Waals surface area contributed by atoms with Crippen LogP contribution in [0.4, 0.5) is 0 Å². The summed E-state index contributed by atoms with van der Waals surface area (Å²) in [5.74, 6) is -0.191. The van der Waals surface area contributed by atoms with Crippen molar-refractivity contribution in [3.63, 3.8) is 0 Å². The Hall–Kier alpha value is -2.84. The summed E-state index contributed by atoms with van der Waals surface area (Å²) in [4.78, 5) is 23.4. The molecule has 0 aliphatic rings. The monoisotopic (exact) mass is 1230 g/mol. The number of phosphoric acid groups is 1. The van der Waals surface area contributed by atoms with E-state index in [9.17, 15) is 19.4 Å². The third-order valence-corrected chi connectivity index (χ3v) is 17.2. The van der Waals surface area contributed by atoms with Gasteiger partial charge >= 0.3 is 7.82 Å². The Morgan fingerprint density at radius 1 is 0.402 bits per heavy atom. The summed E-state index contributed by atoms with van der Waals surface area (Å²) in [6.45, 7) is 4.71. The minimum Gasteiger partial charge on any atom is -0.387 e. The molecule has 0 aromatic carbocycles. The number of likely N-dealkylation sites (N-methyl/N-ethyl adjacent to an activating group) is 1. The van der Waals surface area contributed by atoms with Crippen molar-refractivity contribution < 1.29 is 32.9 Å². The van der Waals surface area contributed by atoms with Gasteiger partial charge in [0.25, 0.3) is 0 Å². The van der Waals surface area contributed by atoms with Crippen molar-refractivity contribution in [3.05, 3.63) is 109 Å². The number of unbranched alkanes of at least 4 members (excludes halogenated alkanes) is 38. The van der Waals surface area contributed by atoms with Crippen LogP contribution in [0, 0.1) is 0 Å². The molecule has 3 atom stereocenters. The van der Waals surface area contributed by atoms with E-state index in [1.807, 2.05) is 27.2 Å². The lowest BCUT2D eigenvalue weighted by molar-refractivity contribution is -0.870. The molecule has 0 saturated heterocycles. The topological polar surface area (TPSA) is 105 Å². The second-order valence-electron chi connectivity index (χ2n) is 25.9. The number of hydrogen-bond donors (Lipinski definition) is 3. The molecule has 3 unspecified atom stereocenters. The average molecular weight is 1230 g/mol. The highest BCUT2D eigenvalue weighted by Gasteiger charge is 2.28. The minimum atomic E-state index is -4.37. The highest BCUT2D eigenvalue weighted by atomic mass is 31.2. The molecule has 1 amide bonds. The summed E-state index contributed by atoms with van der Waals surface area (Å²) in [5, 5.41) is 14.0. The molecule has 0 rings (SSSR count). The molecule has 0 aliphatic carbocycles. The molecule has 9 heteroatoms. The van der Waals surface area contributed by atoms with Crippen molar-refractivity contribution in [2.75, 3.05) is 40.9 Å². The van der Waals surface area contributed by atoms with Crippen LogP contribution in [-0.4, -0.2) is 73.4 Å². The molecule has 0 aliphatic heterocycles. The maximum absolute atomic E-state index is 13.1. The number of quaternary nitrogens is 1. The Kier molecular flexibility index (Phi) is 65.3. The van der Waals surface area contributed by atoms with Gasteiger partial charge in [0.15, 0.2) is 0 Å². The number of nitrogens with one attached hydrogen (secondary N) is 1. The number of aliphatic hydroxyl groups is 1. The van der Waals surface area contributed by atoms with Crippen LogP contribution in [0.5, 0.6) is 0 Å². The number of aliphatic hydroxyl groups excluding tert-OH is 1. The van der Waals surface area contributed by atoms with Gasteiger partial charge < -0.3 is 19.8 Å². The average Bonchev–Trinajstić information content (AvgIpc) is 3.71. The standard InChI is InChI=1S/C78H141N2O6P/c1-6-8-10-12-14-16-18-20-22-24-26-28-30-32-34-36-38-40-42-44-46-48-50-52-54-56-58-60-62-64-66-68-70-72-78(82)79-76(75-86-87(83,84)85-74-73-80(3,4)5)77(81)71-69-67-65-63-61-59-57-55-53-51-49-47-45-43-41-39-37-35-33-31-29-27-25-23-21-19-17-15-13-11-9-7-2/h8,10,14,16,20,22,26,28,32,34,38,40,44,46,61,63,69,71,76-77,81H,6-7,9,11-13,15,17-19,21,23-25,27,29-31,33,35-37,39,41-43,45,47-60,62,64-68,70,72-75H2,1-5H3,(H-,79,82,83,84)/p+1/b10-8-,16-14-,22-20-,28-26-,34-32-,40-38-,46-44-,63-61+,71-69+. The zero-order chi connectivity index (χ0) is 63.4. The number of allylic oxidation sites excluding steroid dienone is 17. The molecule has 0 aromatic rings. The fraction of sp³-hybridized carbons (Fsp3) is 0.756. The van der Waals surface area contributed by atoms with Crippen LogP contribution in [0.15, 0.2) is 109 Å². The van der Waals surface area contributed by atoms with Crippen LogP contribution in [0.25, 0.3) is 0 Å². The smallest absolute Gasteiger partial charge is 0.387 e. The molecule has 0 radical (unpaired) electrons. The number of nitrogens with zero attached hydrogens (tertiary/aromatic N) is 1. The first-order valence-corrected chi connectivity index (χ1v) is 38.3. The van der Waals surface area contributed by atoms with Gasteiger partial charge in [0.1, 0.15) is 13.2 Å². The van der Waals surface area contributed by atoms with E-state index in [1.165, 1.54) is 225 Å². The third kappa shape index (κ3) is 70.5. The van der Waals surface area contributed by atoms with Crippen LogP contribution in [0.2, 0.25) is 0 Å². The Labute approximate surface area is 540 Å². The zero-order valence-corrected chi connectivity index (χ0v) is 58.6. The summed E-state index contributed by atoms with van der Waals surface area (Å²) < 4.78 is 23.8. The SMILES string of the molecule is CC/C=C\C/C=C\C/C=C\C/C=C\C/C=C\C/C=C\C/C=C\CCCCCCCCCCCCCC(=O)NC(COP(=O)(O)OCC[N+](C)(C)C)C(O)/C=C/CC/C=C/CCCCCCCCCCCCCCCCCCCCCCCCCCCC. The summed E-state index contributed by atoms with van der Waals surface area (Å²) in [5.41, 5.74) is 0. The predicted octanol–water partition coefficient (Wildman–Crippen LogP) is 23.8. The van der Waals surface area contributed by atoms with E-state index in [0.717, 1.165) is 83.5 Å². The lowest BCUT2D eigenvalue weighted by atomic mass is 10.0. The van der Waals surface area contributed by atoms with Crippen LogP contribution < -0.4 is 5.32 Å². The van der Waals surface area contributed by atoms with Gasteiger partial charge in [-0.05, 0) is 89.9 Å². The van der Waals surface area contributed by atoms with Gasteiger partial charge in [-0.3, -0.25) is 13.8 Å².